The number of amides is 2. The Hall–Kier alpha value is -1.95. The minimum Gasteiger partial charge on any atom is -0.345 e. The second-order valence-corrected chi connectivity index (χ2v) is 5.02. The number of carbonyl (C=O) groups excluding carboxylic acids is 2. The lowest BCUT2D eigenvalue weighted by Gasteiger charge is -2.28. The van der Waals surface area contributed by atoms with E-state index in [-0.39, 0.29) is 16.7 Å². The van der Waals surface area contributed by atoms with Crippen molar-refractivity contribution in [1.29, 1.82) is 0 Å². The lowest BCUT2D eigenvalue weighted by molar-refractivity contribution is -0.157. The molecule has 0 aromatic heterocycles. The van der Waals surface area contributed by atoms with Gasteiger partial charge in [-0.25, -0.2) is 9.68 Å². The smallest absolute Gasteiger partial charge is 0.345 e. The first-order valence-electron chi connectivity index (χ1n) is 6.13. The number of likely N-dealkylation sites (tertiary alicyclic amines) is 1. The Kier molecular flexibility index (Phi) is 4.34. The maximum Gasteiger partial charge on any atom is 0.452 e. The lowest BCUT2D eigenvalue weighted by atomic mass is 10.2. The normalized spacial score (nSPS) is 13.4. The molecule has 0 aliphatic carbocycles. The average Bonchev–Trinajstić information content (AvgIpc) is 2.33. The predicted molar refractivity (Wildman–Crippen MR) is 72.8 cm³/mol. The SMILES string of the molecule is CN(C)C(=O)c1ccc(OOC(=O)N2CCC2)cc1Cl. The second-order valence-electron chi connectivity index (χ2n) is 4.61. The van der Waals surface area contributed by atoms with Crippen molar-refractivity contribution in [2.75, 3.05) is 27.2 Å². The maximum atomic E-state index is 11.8. The molecule has 1 aromatic rings. The number of rotatable bonds is 3. The molecule has 0 bridgehead atoms. The number of hydrogen-bond acceptors (Lipinski definition) is 4. The Balaban J connectivity index is 1.98. The number of benzene rings is 1. The highest BCUT2D eigenvalue weighted by molar-refractivity contribution is 6.34. The molecule has 0 spiro atoms. The zero-order valence-corrected chi connectivity index (χ0v) is 12.0. The predicted octanol–water partition coefficient (Wildman–Crippen LogP) is 2.18. The largest absolute Gasteiger partial charge is 0.452 e. The van der Waals surface area contributed by atoms with Crippen molar-refractivity contribution in [2.24, 2.45) is 0 Å². The molecule has 1 fully saturated rings. The standard InChI is InChI=1S/C13H15ClN2O4/c1-15(2)12(17)10-5-4-9(8-11(10)14)19-20-13(18)16-6-3-7-16/h4-5,8H,3,6-7H2,1-2H3. The third kappa shape index (κ3) is 3.14. The van der Waals surface area contributed by atoms with Crippen molar-refractivity contribution < 1.29 is 19.4 Å². The summed E-state index contributed by atoms with van der Waals surface area (Å²) in [5.41, 5.74) is 0.359. The average molecular weight is 299 g/mol. The van der Waals surface area contributed by atoms with Gasteiger partial charge in [-0.15, -0.1) is 0 Å². The van der Waals surface area contributed by atoms with Crippen LogP contribution in [0.15, 0.2) is 18.2 Å². The van der Waals surface area contributed by atoms with Gasteiger partial charge in [0.15, 0.2) is 5.75 Å². The molecule has 1 aromatic carbocycles. The molecular weight excluding hydrogens is 284 g/mol. The number of hydrogen-bond donors (Lipinski definition) is 0. The van der Waals surface area contributed by atoms with Crippen LogP contribution in [0.4, 0.5) is 4.79 Å². The van der Waals surface area contributed by atoms with E-state index in [1.807, 2.05) is 0 Å². The Morgan fingerprint density at radius 1 is 1.30 bits per heavy atom. The van der Waals surface area contributed by atoms with Crippen molar-refractivity contribution >= 4 is 23.6 Å². The first-order chi connectivity index (χ1) is 9.49. The second kappa shape index (κ2) is 6.00. The van der Waals surface area contributed by atoms with Gasteiger partial charge < -0.3 is 9.80 Å². The molecule has 1 saturated heterocycles. The van der Waals surface area contributed by atoms with Gasteiger partial charge in [0, 0.05) is 33.3 Å². The highest BCUT2D eigenvalue weighted by Crippen LogP contribution is 2.24. The zero-order valence-electron chi connectivity index (χ0n) is 11.3. The van der Waals surface area contributed by atoms with Crippen LogP contribution in [0.1, 0.15) is 16.8 Å². The monoisotopic (exact) mass is 298 g/mol. The van der Waals surface area contributed by atoms with Gasteiger partial charge in [-0.2, -0.15) is 0 Å². The summed E-state index contributed by atoms with van der Waals surface area (Å²) in [6, 6.07) is 4.48. The van der Waals surface area contributed by atoms with Crippen LogP contribution in [-0.2, 0) is 4.89 Å². The maximum absolute atomic E-state index is 11.8. The van der Waals surface area contributed by atoms with Crippen LogP contribution in [0.3, 0.4) is 0 Å². The van der Waals surface area contributed by atoms with Gasteiger partial charge in [-0.1, -0.05) is 11.6 Å². The van der Waals surface area contributed by atoms with E-state index in [2.05, 4.69) is 4.89 Å². The fourth-order valence-electron chi connectivity index (χ4n) is 1.60. The van der Waals surface area contributed by atoms with E-state index in [0.717, 1.165) is 6.42 Å². The fraction of sp³-hybridized carbons (Fsp3) is 0.385. The van der Waals surface area contributed by atoms with Crippen molar-refractivity contribution in [2.45, 2.75) is 6.42 Å². The molecule has 2 amide bonds. The van der Waals surface area contributed by atoms with Crippen molar-refractivity contribution in [3.05, 3.63) is 28.8 Å². The third-order valence-electron chi connectivity index (χ3n) is 2.90. The van der Waals surface area contributed by atoms with E-state index in [4.69, 9.17) is 16.5 Å². The molecule has 0 N–H and O–H groups in total. The van der Waals surface area contributed by atoms with Crippen LogP contribution in [0.25, 0.3) is 0 Å². The van der Waals surface area contributed by atoms with Gasteiger partial charge in [0.25, 0.3) is 5.91 Å². The Labute approximate surface area is 121 Å². The first-order valence-corrected chi connectivity index (χ1v) is 6.51. The van der Waals surface area contributed by atoms with Gasteiger partial charge >= 0.3 is 6.09 Å². The molecule has 1 aliphatic rings. The van der Waals surface area contributed by atoms with Crippen molar-refractivity contribution in [3.63, 3.8) is 0 Å². The first kappa shape index (κ1) is 14.5. The summed E-state index contributed by atoms with van der Waals surface area (Å²) in [6.45, 7) is 1.36. The van der Waals surface area contributed by atoms with E-state index in [1.165, 1.54) is 28.0 Å². The van der Waals surface area contributed by atoms with Crippen molar-refractivity contribution in [3.8, 4) is 5.75 Å². The Bertz CT molecular complexity index is 529. The van der Waals surface area contributed by atoms with Gasteiger partial charge in [0.05, 0.1) is 10.6 Å². The highest BCUT2D eigenvalue weighted by Gasteiger charge is 2.23. The summed E-state index contributed by atoms with van der Waals surface area (Å²) < 4.78 is 0. The molecule has 108 valence electrons. The number of halogens is 1. The molecule has 6 nitrogen and oxygen atoms in total. The topological polar surface area (TPSA) is 59.1 Å². The quantitative estimate of drug-likeness (QED) is 0.634. The van der Waals surface area contributed by atoms with E-state index in [9.17, 15) is 9.59 Å². The highest BCUT2D eigenvalue weighted by atomic mass is 35.5. The van der Waals surface area contributed by atoms with Gasteiger partial charge in [-0.05, 0) is 18.6 Å². The van der Waals surface area contributed by atoms with E-state index < -0.39 is 6.09 Å². The molecule has 1 aliphatic heterocycles. The summed E-state index contributed by atoms with van der Waals surface area (Å²) >= 11 is 6.01. The summed E-state index contributed by atoms with van der Waals surface area (Å²) in [6.07, 6.45) is 0.447. The van der Waals surface area contributed by atoms with Crippen LogP contribution in [0.5, 0.6) is 5.75 Å². The van der Waals surface area contributed by atoms with Gasteiger partial charge in [0.2, 0.25) is 0 Å². The molecule has 1 heterocycles. The summed E-state index contributed by atoms with van der Waals surface area (Å²) in [5.74, 6) is 0.0540. The minimum absolute atomic E-state index is 0.209. The third-order valence-corrected chi connectivity index (χ3v) is 3.21. The van der Waals surface area contributed by atoms with Crippen LogP contribution in [0, 0.1) is 0 Å². The van der Waals surface area contributed by atoms with E-state index >= 15 is 0 Å². The van der Waals surface area contributed by atoms with Gasteiger partial charge in [-0.3, -0.25) is 9.68 Å². The van der Waals surface area contributed by atoms with Crippen LogP contribution >= 0.6 is 11.6 Å². The fourth-order valence-corrected chi connectivity index (χ4v) is 1.85. The summed E-state index contributed by atoms with van der Waals surface area (Å²) in [7, 11) is 3.27. The molecule has 0 radical (unpaired) electrons. The summed E-state index contributed by atoms with van der Waals surface area (Å²) in [4.78, 5) is 35.7. The molecule has 2 rings (SSSR count). The minimum atomic E-state index is -0.527. The van der Waals surface area contributed by atoms with Crippen molar-refractivity contribution in [1.82, 2.24) is 9.80 Å². The zero-order chi connectivity index (χ0) is 14.7. The molecule has 0 atom stereocenters. The number of nitrogens with zero attached hydrogens (tertiary/aromatic N) is 2. The molecular formula is C13H15ClN2O4. The van der Waals surface area contributed by atoms with Crippen LogP contribution < -0.4 is 4.89 Å². The summed E-state index contributed by atoms with van der Waals surface area (Å²) in [5, 5.41) is 0.237. The Morgan fingerprint density at radius 2 is 2.00 bits per heavy atom. The molecule has 0 unspecified atom stereocenters. The molecule has 0 saturated carbocycles. The van der Waals surface area contributed by atoms with E-state index in [0.29, 0.717) is 18.7 Å². The Morgan fingerprint density at radius 3 is 2.50 bits per heavy atom. The molecule has 20 heavy (non-hydrogen) atoms. The van der Waals surface area contributed by atoms with Crippen LogP contribution in [0.2, 0.25) is 5.02 Å². The van der Waals surface area contributed by atoms with E-state index in [1.54, 1.807) is 14.1 Å². The van der Waals surface area contributed by atoms with Gasteiger partial charge in [0.1, 0.15) is 0 Å². The van der Waals surface area contributed by atoms with Crippen LogP contribution in [-0.4, -0.2) is 49.0 Å². The number of carbonyl (C=O) groups is 2. The lowest BCUT2D eigenvalue weighted by Crippen LogP contribution is -2.42. The molecule has 7 heteroatoms.